The van der Waals surface area contributed by atoms with Crippen LogP contribution in [0.5, 0.6) is 0 Å². The summed E-state index contributed by atoms with van der Waals surface area (Å²) in [5.74, 6) is 1.42. The fourth-order valence-electron chi connectivity index (χ4n) is 2.18. The van der Waals surface area contributed by atoms with Gasteiger partial charge in [-0.1, -0.05) is 6.92 Å². The van der Waals surface area contributed by atoms with Gasteiger partial charge in [0.1, 0.15) is 0 Å². The summed E-state index contributed by atoms with van der Waals surface area (Å²) in [7, 11) is 1.77. The van der Waals surface area contributed by atoms with Crippen molar-refractivity contribution in [3.8, 4) is 0 Å². The van der Waals surface area contributed by atoms with Crippen LogP contribution in [0, 0.1) is 11.8 Å². The normalized spacial score (nSPS) is 22.5. The highest BCUT2D eigenvalue weighted by atomic mass is 16.5. The van der Waals surface area contributed by atoms with E-state index in [1.807, 2.05) is 0 Å². The third-order valence-corrected chi connectivity index (χ3v) is 3.06. The first-order chi connectivity index (χ1) is 6.76. The predicted molar refractivity (Wildman–Crippen MR) is 59.3 cm³/mol. The second kappa shape index (κ2) is 6.38. The molecule has 3 nitrogen and oxygen atoms in total. The fourth-order valence-corrected chi connectivity index (χ4v) is 2.18. The maximum atomic E-state index is 5.66. The largest absolute Gasteiger partial charge is 0.384 e. The molecule has 1 heterocycles. The molecule has 1 saturated heterocycles. The molecule has 0 aromatic heterocycles. The van der Waals surface area contributed by atoms with Crippen LogP contribution in [-0.4, -0.2) is 44.8 Å². The Morgan fingerprint density at radius 3 is 2.57 bits per heavy atom. The van der Waals surface area contributed by atoms with Gasteiger partial charge in [0, 0.05) is 20.3 Å². The van der Waals surface area contributed by atoms with Crippen molar-refractivity contribution in [1.29, 1.82) is 0 Å². The van der Waals surface area contributed by atoms with Crippen molar-refractivity contribution in [3.05, 3.63) is 0 Å². The molecule has 0 radical (unpaired) electrons. The summed E-state index contributed by atoms with van der Waals surface area (Å²) in [6.07, 6.45) is 2.55. The molecule has 1 rings (SSSR count). The number of rotatable bonds is 5. The van der Waals surface area contributed by atoms with Gasteiger partial charge in [0.2, 0.25) is 0 Å². The lowest BCUT2D eigenvalue weighted by Gasteiger charge is -2.32. The number of likely N-dealkylation sites (tertiary alicyclic amines) is 1. The van der Waals surface area contributed by atoms with Crippen molar-refractivity contribution >= 4 is 0 Å². The first kappa shape index (κ1) is 12.0. The molecule has 1 fully saturated rings. The zero-order chi connectivity index (χ0) is 10.4. The van der Waals surface area contributed by atoms with Crippen LogP contribution in [0.4, 0.5) is 0 Å². The van der Waals surface area contributed by atoms with Crippen LogP contribution in [-0.2, 0) is 4.74 Å². The Kier molecular flexibility index (Phi) is 5.45. The maximum Gasteiger partial charge on any atom is 0.0500 e. The van der Waals surface area contributed by atoms with Gasteiger partial charge in [-0.2, -0.15) is 0 Å². The van der Waals surface area contributed by atoms with Gasteiger partial charge in [0.25, 0.3) is 0 Å². The molecule has 0 aliphatic carbocycles. The van der Waals surface area contributed by atoms with E-state index >= 15 is 0 Å². The summed E-state index contributed by atoms with van der Waals surface area (Å²) >= 11 is 0. The van der Waals surface area contributed by atoms with Crippen molar-refractivity contribution in [2.45, 2.75) is 19.8 Å². The van der Waals surface area contributed by atoms with Gasteiger partial charge >= 0.3 is 0 Å². The highest BCUT2D eigenvalue weighted by molar-refractivity contribution is 4.73. The monoisotopic (exact) mass is 200 g/mol. The second-order valence-corrected chi connectivity index (χ2v) is 4.54. The average Bonchev–Trinajstić information content (AvgIpc) is 2.19. The van der Waals surface area contributed by atoms with Crippen LogP contribution in [0.3, 0.4) is 0 Å². The highest BCUT2D eigenvalue weighted by Crippen LogP contribution is 2.16. The average molecular weight is 200 g/mol. The molecule has 2 N–H and O–H groups in total. The molecule has 0 amide bonds. The van der Waals surface area contributed by atoms with Crippen LogP contribution < -0.4 is 5.73 Å². The van der Waals surface area contributed by atoms with Gasteiger partial charge in [0.15, 0.2) is 0 Å². The predicted octanol–water partition coefficient (Wildman–Crippen LogP) is 0.940. The summed E-state index contributed by atoms with van der Waals surface area (Å²) in [4.78, 5) is 2.54. The van der Waals surface area contributed by atoms with Crippen molar-refractivity contribution in [2.24, 2.45) is 17.6 Å². The Balaban J connectivity index is 2.15. The quantitative estimate of drug-likeness (QED) is 0.718. The summed E-state index contributed by atoms with van der Waals surface area (Å²) in [5, 5.41) is 0. The number of nitrogens with zero attached hydrogens (tertiary/aromatic N) is 1. The molecule has 1 atom stereocenters. The topological polar surface area (TPSA) is 38.5 Å². The van der Waals surface area contributed by atoms with E-state index in [9.17, 15) is 0 Å². The van der Waals surface area contributed by atoms with Gasteiger partial charge < -0.3 is 15.4 Å². The van der Waals surface area contributed by atoms with Crippen molar-refractivity contribution in [3.63, 3.8) is 0 Å². The molecule has 0 spiro atoms. The van der Waals surface area contributed by atoms with Crippen LogP contribution in [0.25, 0.3) is 0 Å². The maximum absolute atomic E-state index is 5.66. The van der Waals surface area contributed by atoms with Gasteiger partial charge in [0.05, 0.1) is 0 Å². The SMILES string of the molecule is COCC(C)CN1CCC(CN)CC1. The number of hydrogen-bond donors (Lipinski definition) is 1. The molecular weight excluding hydrogens is 176 g/mol. The summed E-state index contributed by atoms with van der Waals surface area (Å²) in [6.45, 7) is 7.59. The fraction of sp³-hybridized carbons (Fsp3) is 1.00. The zero-order valence-electron chi connectivity index (χ0n) is 9.54. The molecule has 0 aromatic carbocycles. The summed E-state index contributed by atoms with van der Waals surface area (Å²) in [6, 6.07) is 0. The van der Waals surface area contributed by atoms with Crippen molar-refractivity contribution < 1.29 is 4.74 Å². The molecule has 84 valence electrons. The smallest absolute Gasteiger partial charge is 0.0500 e. The lowest BCUT2D eigenvalue weighted by Crippen LogP contribution is -2.39. The Hall–Kier alpha value is -0.120. The molecule has 1 aliphatic heterocycles. The standard InChI is InChI=1S/C11H24N2O/c1-10(9-14-2)8-13-5-3-11(7-12)4-6-13/h10-11H,3-9,12H2,1-2H3. The van der Waals surface area contributed by atoms with Gasteiger partial charge in [-0.3, -0.25) is 0 Å². The second-order valence-electron chi connectivity index (χ2n) is 4.54. The van der Waals surface area contributed by atoms with Crippen molar-refractivity contribution in [1.82, 2.24) is 4.90 Å². The Morgan fingerprint density at radius 2 is 2.07 bits per heavy atom. The number of ether oxygens (including phenoxy) is 1. The Labute approximate surface area is 87.6 Å². The van der Waals surface area contributed by atoms with E-state index in [1.165, 1.54) is 32.5 Å². The Bertz CT molecular complexity index is 144. The molecule has 1 unspecified atom stereocenters. The van der Waals surface area contributed by atoms with E-state index in [0.717, 1.165) is 19.1 Å². The molecule has 0 saturated carbocycles. The number of hydrogen-bond acceptors (Lipinski definition) is 3. The molecule has 1 aliphatic rings. The minimum atomic E-state index is 0.648. The van der Waals surface area contributed by atoms with Crippen LogP contribution in [0.2, 0.25) is 0 Å². The first-order valence-electron chi connectivity index (χ1n) is 5.67. The molecule has 14 heavy (non-hydrogen) atoms. The molecule has 0 aromatic rings. The van der Waals surface area contributed by atoms with Crippen LogP contribution >= 0.6 is 0 Å². The number of nitrogens with two attached hydrogens (primary N) is 1. The van der Waals surface area contributed by atoms with Crippen LogP contribution in [0.15, 0.2) is 0 Å². The Morgan fingerprint density at radius 1 is 1.43 bits per heavy atom. The third kappa shape index (κ3) is 3.95. The van der Waals surface area contributed by atoms with E-state index in [2.05, 4.69) is 11.8 Å². The third-order valence-electron chi connectivity index (χ3n) is 3.06. The van der Waals surface area contributed by atoms with E-state index in [4.69, 9.17) is 10.5 Å². The van der Waals surface area contributed by atoms with Crippen LogP contribution in [0.1, 0.15) is 19.8 Å². The highest BCUT2D eigenvalue weighted by Gasteiger charge is 2.18. The van der Waals surface area contributed by atoms with Gasteiger partial charge in [-0.05, 0) is 44.3 Å². The lowest BCUT2D eigenvalue weighted by atomic mass is 9.96. The first-order valence-corrected chi connectivity index (χ1v) is 5.67. The summed E-state index contributed by atoms with van der Waals surface area (Å²) < 4.78 is 5.14. The minimum Gasteiger partial charge on any atom is -0.384 e. The molecule has 3 heteroatoms. The summed E-state index contributed by atoms with van der Waals surface area (Å²) in [5.41, 5.74) is 5.66. The van der Waals surface area contributed by atoms with E-state index in [1.54, 1.807) is 7.11 Å². The lowest BCUT2D eigenvalue weighted by molar-refractivity contribution is 0.111. The molecule has 0 bridgehead atoms. The van der Waals surface area contributed by atoms with Crippen molar-refractivity contribution in [2.75, 3.05) is 39.9 Å². The number of methoxy groups -OCH3 is 1. The van der Waals surface area contributed by atoms with E-state index in [-0.39, 0.29) is 0 Å². The zero-order valence-corrected chi connectivity index (χ0v) is 9.54. The van der Waals surface area contributed by atoms with Gasteiger partial charge in [-0.25, -0.2) is 0 Å². The van der Waals surface area contributed by atoms with E-state index < -0.39 is 0 Å². The minimum absolute atomic E-state index is 0.648. The van der Waals surface area contributed by atoms with Gasteiger partial charge in [-0.15, -0.1) is 0 Å². The number of piperidine rings is 1. The van der Waals surface area contributed by atoms with E-state index in [0.29, 0.717) is 5.92 Å². The molecular formula is C11H24N2O.